The highest BCUT2D eigenvalue weighted by molar-refractivity contribution is 4.70. The van der Waals surface area contributed by atoms with Crippen LogP contribution >= 0.6 is 0 Å². The van der Waals surface area contributed by atoms with Gasteiger partial charge in [-0.15, -0.1) is 0 Å². The van der Waals surface area contributed by atoms with Gasteiger partial charge in [0.15, 0.2) is 0 Å². The van der Waals surface area contributed by atoms with Crippen molar-refractivity contribution in [1.82, 2.24) is 10.2 Å². The van der Waals surface area contributed by atoms with Crippen LogP contribution in [-0.2, 0) is 4.74 Å². The predicted molar refractivity (Wildman–Crippen MR) is 64.2 cm³/mol. The van der Waals surface area contributed by atoms with Crippen molar-refractivity contribution in [3.8, 4) is 0 Å². The van der Waals surface area contributed by atoms with E-state index in [2.05, 4.69) is 31.0 Å². The van der Waals surface area contributed by atoms with Gasteiger partial charge < -0.3 is 10.1 Å². The summed E-state index contributed by atoms with van der Waals surface area (Å²) in [5.74, 6) is 0. The molecule has 0 aromatic rings. The maximum Gasteiger partial charge on any atom is 0.0700 e. The fourth-order valence-corrected chi connectivity index (χ4v) is 1.92. The van der Waals surface area contributed by atoms with Crippen LogP contribution in [0.1, 0.15) is 33.6 Å². The summed E-state index contributed by atoms with van der Waals surface area (Å²) in [5.41, 5.74) is 0. The first-order valence-corrected chi connectivity index (χ1v) is 6.29. The highest BCUT2D eigenvalue weighted by atomic mass is 16.5. The van der Waals surface area contributed by atoms with Crippen molar-refractivity contribution in [2.24, 2.45) is 0 Å². The Morgan fingerprint density at radius 1 is 1.47 bits per heavy atom. The molecule has 0 saturated carbocycles. The zero-order valence-electron chi connectivity index (χ0n) is 10.5. The smallest absolute Gasteiger partial charge is 0.0700 e. The largest absolute Gasteiger partial charge is 0.376 e. The topological polar surface area (TPSA) is 24.5 Å². The molecule has 15 heavy (non-hydrogen) atoms. The molecule has 1 aliphatic rings. The monoisotopic (exact) mass is 214 g/mol. The third kappa shape index (κ3) is 5.50. The fourth-order valence-electron chi connectivity index (χ4n) is 1.92. The van der Waals surface area contributed by atoms with Crippen molar-refractivity contribution in [3.63, 3.8) is 0 Å². The Kier molecular flexibility index (Phi) is 6.22. The van der Waals surface area contributed by atoms with Gasteiger partial charge in [0.2, 0.25) is 0 Å². The van der Waals surface area contributed by atoms with E-state index in [-0.39, 0.29) is 0 Å². The Bertz CT molecular complexity index is 162. The van der Waals surface area contributed by atoms with Crippen LogP contribution in [0.15, 0.2) is 0 Å². The van der Waals surface area contributed by atoms with E-state index in [4.69, 9.17) is 4.74 Å². The van der Waals surface area contributed by atoms with E-state index in [0.717, 1.165) is 32.7 Å². The lowest BCUT2D eigenvalue weighted by Gasteiger charge is -2.32. The van der Waals surface area contributed by atoms with Gasteiger partial charge >= 0.3 is 0 Å². The zero-order chi connectivity index (χ0) is 11.1. The summed E-state index contributed by atoms with van der Waals surface area (Å²) in [7, 11) is 0. The Hall–Kier alpha value is -0.120. The molecule has 1 aliphatic heterocycles. The van der Waals surface area contributed by atoms with E-state index < -0.39 is 0 Å². The van der Waals surface area contributed by atoms with Crippen LogP contribution in [0.4, 0.5) is 0 Å². The van der Waals surface area contributed by atoms with Gasteiger partial charge in [-0.05, 0) is 25.9 Å². The minimum Gasteiger partial charge on any atom is -0.376 e. The van der Waals surface area contributed by atoms with Crippen LogP contribution in [0, 0.1) is 0 Å². The van der Waals surface area contributed by atoms with Crippen LogP contribution in [0.5, 0.6) is 0 Å². The van der Waals surface area contributed by atoms with E-state index in [9.17, 15) is 0 Å². The lowest BCUT2D eigenvalue weighted by molar-refractivity contribution is -0.0297. The number of nitrogens with zero attached hydrogens (tertiary/aromatic N) is 1. The minimum absolute atomic E-state index is 0.469. The third-order valence-corrected chi connectivity index (χ3v) is 2.88. The first-order chi connectivity index (χ1) is 7.22. The van der Waals surface area contributed by atoms with E-state index in [1.54, 1.807) is 0 Å². The summed E-state index contributed by atoms with van der Waals surface area (Å²) in [6.07, 6.45) is 2.85. The Balaban J connectivity index is 2.05. The van der Waals surface area contributed by atoms with Crippen LogP contribution < -0.4 is 5.32 Å². The van der Waals surface area contributed by atoms with Crippen LogP contribution in [0.3, 0.4) is 0 Å². The van der Waals surface area contributed by atoms with Crippen molar-refractivity contribution in [3.05, 3.63) is 0 Å². The first kappa shape index (κ1) is 12.9. The fraction of sp³-hybridized carbons (Fsp3) is 1.00. The highest BCUT2D eigenvalue weighted by Crippen LogP contribution is 2.08. The quantitative estimate of drug-likeness (QED) is 0.678. The van der Waals surface area contributed by atoms with Crippen molar-refractivity contribution in [2.75, 3.05) is 32.8 Å². The molecule has 0 radical (unpaired) electrons. The van der Waals surface area contributed by atoms with Gasteiger partial charge in [-0.1, -0.05) is 20.8 Å². The molecule has 1 fully saturated rings. The molecule has 1 saturated heterocycles. The van der Waals surface area contributed by atoms with Gasteiger partial charge in [0, 0.05) is 19.1 Å². The average Bonchev–Trinajstić information content (AvgIpc) is 2.24. The van der Waals surface area contributed by atoms with E-state index >= 15 is 0 Å². The molecular weight excluding hydrogens is 188 g/mol. The van der Waals surface area contributed by atoms with Crippen molar-refractivity contribution < 1.29 is 4.74 Å². The normalized spacial score (nSPS) is 23.6. The van der Waals surface area contributed by atoms with Crippen molar-refractivity contribution >= 4 is 0 Å². The molecule has 0 bridgehead atoms. The van der Waals surface area contributed by atoms with Crippen LogP contribution in [0.25, 0.3) is 0 Å². The maximum absolute atomic E-state index is 5.64. The number of nitrogens with one attached hydrogen (secondary N) is 1. The summed E-state index contributed by atoms with van der Waals surface area (Å²) in [4.78, 5) is 2.53. The lowest BCUT2D eigenvalue weighted by Crippen LogP contribution is -2.43. The highest BCUT2D eigenvalue weighted by Gasteiger charge is 2.17. The Labute approximate surface area is 94.2 Å². The summed E-state index contributed by atoms with van der Waals surface area (Å²) in [6.45, 7) is 12.1. The second kappa shape index (κ2) is 7.20. The number of hydrogen-bond donors (Lipinski definition) is 1. The molecule has 1 unspecified atom stereocenters. The summed E-state index contributed by atoms with van der Waals surface area (Å²) >= 11 is 0. The van der Waals surface area contributed by atoms with E-state index in [1.807, 2.05) is 0 Å². The molecule has 0 aliphatic carbocycles. The van der Waals surface area contributed by atoms with Gasteiger partial charge in [0.25, 0.3) is 0 Å². The summed E-state index contributed by atoms with van der Waals surface area (Å²) in [6, 6.07) is 0.609. The molecule has 1 heterocycles. The van der Waals surface area contributed by atoms with Crippen molar-refractivity contribution in [2.45, 2.75) is 45.8 Å². The second-order valence-corrected chi connectivity index (χ2v) is 4.66. The molecule has 1 N–H and O–H groups in total. The molecule has 1 rings (SSSR count). The van der Waals surface area contributed by atoms with Crippen LogP contribution in [-0.4, -0.2) is 49.8 Å². The zero-order valence-corrected chi connectivity index (χ0v) is 10.5. The van der Waals surface area contributed by atoms with Crippen LogP contribution in [0.2, 0.25) is 0 Å². The first-order valence-electron chi connectivity index (χ1n) is 6.29. The van der Waals surface area contributed by atoms with E-state index in [1.165, 1.54) is 13.0 Å². The summed E-state index contributed by atoms with van der Waals surface area (Å²) < 4.78 is 5.64. The lowest BCUT2D eigenvalue weighted by atomic mass is 10.2. The molecule has 0 aromatic heterocycles. The molecule has 1 atom stereocenters. The molecule has 0 spiro atoms. The number of ether oxygens (including phenoxy) is 1. The Morgan fingerprint density at radius 3 is 2.93 bits per heavy atom. The SMILES string of the molecule is CCC1CN(CCCNC(C)C)CCO1. The minimum atomic E-state index is 0.469. The number of morpholine rings is 1. The molecule has 0 amide bonds. The summed E-state index contributed by atoms with van der Waals surface area (Å²) in [5, 5.41) is 3.45. The predicted octanol–water partition coefficient (Wildman–Crippen LogP) is 1.49. The van der Waals surface area contributed by atoms with Crippen molar-refractivity contribution in [1.29, 1.82) is 0 Å². The van der Waals surface area contributed by atoms with Gasteiger partial charge in [-0.2, -0.15) is 0 Å². The molecule has 0 aromatic carbocycles. The number of hydrogen-bond acceptors (Lipinski definition) is 3. The molecule has 3 heteroatoms. The molecule has 90 valence electrons. The van der Waals surface area contributed by atoms with Gasteiger partial charge in [0.05, 0.1) is 12.7 Å². The Morgan fingerprint density at radius 2 is 2.27 bits per heavy atom. The molecule has 3 nitrogen and oxygen atoms in total. The van der Waals surface area contributed by atoms with Gasteiger partial charge in [-0.3, -0.25) is 4.90 Å². The molecular formula is C12H26N2O. The standard InChI is InChI=1S/C12H26N2O/c1-4-12-10-14(8-9-15-12)7-5-6-13-11(2)3/h11-13H,4-10H2,1-3H3. The maximum atomic E-state index is 5.64. The van der Waals surface area contributed by atoms with Gasteiger partial charge in [0.1, 0.15) is 0 Å². The van der Waals surface area contributed by atoms with Gasteiger partial charge in [-0.25, -0.2) is 0 Å². The van der Waals surface area contributed by atoms with E-state index in [0.29, 0.717) is 12.1 Å². The average molecular weight is 214 g/mol. The second-order valence-electron chi connectivity index (χ2n) is 4.66. The third-order valence-electron chi connectivity index (χ3n) is 2.88. The number of rotatable bonds is 6.